The van der Waals surface area contributed by atoms with Crippen molar-refractivity contribution in [1.29, 1.82) is 0 Å². The van der Waals surface area contributed by atoms with Gasteiger partial charge in [0.25, 0.3) is 0 Å². The van der Waals surface area contributed by atoms with Crippen LogP contribution in [0.15, 0.2) is 0 Å². The van der Waals surface area contributed by atoms with Gasteiger partial charge in [0.05, 0.1) is 12.6 Å². The molecule has 0 aliphatic rings. The molecule has 9 N–H and O–H groups in total. The van der Waals surface area contributed by atoms with Gasteiger partial charge in [-0.25, -0.2) is 4.79 Å². The summed E-state index contributed by atoms with van der Waals surface area (Å²) in [7, 11) is 0. The van der Waals surface area contributed by atoms with Crippen molar-refractivity contribution in [2.24, 2.45) is 17.4 Å². The highest BCUT2D eigenvalue weighted by molar-refractivity contribution is 5.93. The third kappa shape index (κ3) is 10.9. The number of aliphatic carboxylic acids is 2. The number of carbonyl (C=O) groups is 6. The fourth-order valence-corrected chi connectivity index (χ4v) is 2.28. The van der Waals surface area contributed by atoms with E-state index in [4.69, 9.17) is 16.6 Å². The van der Waals surface area contributed by atoms with Crippen LogP contribution in [-0.4, -0.2) is 70.5 Å². The van der Waals surface area contributed by atoms with Crippen molar-refractivity contribution < 1.29 is 39.0 Å². The van der Waals surface area contributed by atoms with Gasteiger partial charge in [-0.3, -0.25) is 24.0 Å². The molecule has 0 aromatic carbocycles. The van der Waals surface area contributed by atoms with Crippen molar-refractivity contribution in [2.45, 2.75) is 57.7 Å². The van der Waals surface area contributed by atoms with Crippen molar-refractivity contribution in [2.75, 3.05) is 6.54 Å². The first-order valence-electron chi connectivity index (χ1n) is 9.21. The van der Waals surface area contributed by atoms with Gasteiger partial charge in [0, 0.05) is 12.8 Å². The summed E-state index contributed by atoms with van der Waals surface area (Å²) in [6.45, 7) is 2.60. The van der Waals surface area contributed by atoms with Crippen molar-refractivity contribution in [3.05, 3.63) is 0 Å². The molecule has 0 saturated heterocycles. The van der Waals surface area contributed by atoms with Crippen LogP contribution in [-0.2, 0) is 28.8 Å². The predicted molar refractivity (Wildman–Crippen MR) is 103 cm³/mol. The fourth-order valence-electron chi connectivity index (χ4n) is 2.28. The monoisotopic (exact) mass is 431 g/mol. The van der Waals surface area contributed by atoms with Crippen LogP contribution in [0.2, 0.25) is 0 Å². The molecule has 0 heterocycles. The number of hydrogen-bond donors (Lipinski definition) is 7. The molecule has 4 amide bonds. The Hall–Kier alpha value is -3.22. The van der Waals surface area contributed by atoms with Gasteiger partial charge >= 0.3 is 11.9 Å². The number of nitrogens with two attached hydrogens (primary N) is 2. The number of carbonyl (C=O) groups excluding carboxylic acids is 4. The van der Waals surface area contributed by atoms with Crippen molar-refractivity contribution in [3.63, 3.8) is 0 Å². The van der Waals surface area contributed by atoms with Crippen LogP contribution in [0.1, 0.15) is 39.5 Å². The summed E-state index contributed by atoms with van der Waals surface area (Å²) in [5.41, 5.74) is 10.6. The zero-order chi connectivity index (χ0) is 23.4. The average Bonchev–Trinajstić information content (AvgIpc) is 2.64. The van der Waals surface area contributed by atoms with Crippen molar-refractivity contribution in [3.8, 4) is 0 Å². The molecule has 170 valence electrons. The molecule has 0 fully saturated rings. The summed E-state index contributed by atoms with van der Waals surface area (Å²) in [6.07, 6.45) is -0.872. The first kappa shape index (κ1) is 26.8. The second-order valence-electron chi connectivity index (χ2n) is 6.95. The van der Waals surface area contributed by atoms with Crippen molar-refractivity contribution >= 4 is 35.6 Å². The van der Waals surface area contributed by atoms with Crippen LogP contribution in [0.25, 0.3) is 0 Å². The van der Waals surface area contributed by atoms with E-state index in [9.17, 15) is 33.9 Å². The molecular formula is C17H29N5O8. The van der Waals surface area contributed by atoms with E-state index < -0.39 is 66.2 Å². The molecule has 0 radical (unpaired) electrons. The highest BCUT2D eigenvalue weighted by atomic mass is 16.4. The van der Waals surface area contributed by atoms with Gasteiger partial charge in [-0.2, -0.15) is 0 Å². The molecule has 13 heteroatoms. The maximum atomic E-state index is 12.4. The zero-order valence-electron chi connectivity index (χ0n) is 16.8. The number of primary amides is 1. The maximum absolute atomic E-state index is 12.4. The lowest BCUT2D eigenvalue weighted by Crippen LogP contribution is -2.54. The van der Waals surface area contributed by atoms with Gasteiger partial charge < -0.3 is 37.6 Å². The first-order valence-corrected chi connectivity index (χ1v) is 9.21. The standard InChI is InChI=1S/C17H29N5O8/c1-8(2)14(17(29)30)22-16(28)10(4-5-11(19)23)21-12(24)7-20-15(27)9(18)3-6-13(25)26/h8-10,14H,3-7,18H2,1-2H3,(H2,19,23)(H,20,27)(H,21,24)(H,22,28)(H,25,26)(H,29,30). The number of nitrogens with one attached hydrogen (secondary N) is 3. The van der Waals surface area contributed by atoms with E-state index in [2.05, 4.69) is 16.0 Å². The molecule has 3 atom stereocenters. The maximum Gasteiger partial charge on any atom is 0.326 e. The van der Waals surface area contributed by atoms with E-state index in [1.807, 2.05) is 0 Å². The Bertz CT molecular complexity index is 667. The summed E-state index contributed by atoms with van der Waals surface area (Å²) in [4.78, 5) is 69.0. The van der Waals surface area contributed by atoms with Crippen LogP contribution in [0.5, 0.6) is 0 Å². The largest absolute Gasteiger partial charge is 0.481 e. The second kappa shape index (κ2) is 13.1. The van der Waals surface area contributed by atoms with Gasteiger partial charge in [0.15, 0.2) is 0 Å². The normalized spacial score (nSPS) is 13.6. The lowest BCUT2D eigenvalue weighted by atomic mass is 10.0. The van der Waals surface area contributed by atoms with Gasteiger partial charge in [0.1, 0.15) is 12.1 Å². The predicted octanol–water partition coefficient (Wildman–Crippen LogP) is -2.73. The van der Waals surface area contributed by atoms with Crippen LogP contribution >= 0.6 is 0 Å². The van der Waals surface area contributed by atoms with E-state index >= 15 is 0 Å². The SMILES string of the molecule is CC(C)C(NC(=O)C(CCC(N)=O)NC(=O)CNC(=O)C(N)CCC(=O)O)C(=O)O. The minimum absolute atomic E-state index is 0.127. The second-order valence-corrected chi connectivity index (χ2v) is 6.95. The Balaban J connectivity index is 4.90. The molecule has 0 bridgehead atoms. The van der Waals surface area contributed by atoms with Crippen molar-refractivity contribution in [1.82, 2.24) is 16.0 Å². The summed E-state index contributed by atoms with van der Waals surface area (Å²) < 4.78 is 0. The van der Waals surface area contributed by atoms with Gasteiger partial charge in [-0.1, -0.05) is 13.8 Å². The molecule has 0 rings (SSSR count). The Morgan fingerprint density at radius 3 is 1.97 bits per heavy atom. The molecule has 0 aromatic heterocycles. The molecule has 13 nitrogen and oxygen atoms in total. The van der Waals surface area contributed by atoms with E-state index in [1.165, 1.54) is 0 Å². The molecule has 0 spiro atoms. The van der Waals surface area contributed by atoms with Crippen LogP contribution in [0.4, 0.5) is 0 Å². The molecular weight excluding hydrogens is 402 g/mol. The summed E-state index contributed by atoms with van der Waals surface area (Å²) in [5.74, 6) is -5.93. The van der Waals surface area contributed by atoms with Gasteiger partial charge in [-0.15, -0.1) is 0 Å². The lowest BCUT2D eigenvalue weighted by Gasteiger charge is -2.23. The van der Waals surface area contributed by atoms with Crippen LogP contribution in [0, 0.1) is 5.92 Å². The fraction of sp³-hybridized carbons (Fsp3) is 0.647. The van der Waals surface area contributed by atoms with Gasteiger partial charge in [-0.05, 0) is 18.8 Å². The summed E-state index contributed by atoms with van der Waals surface area (Å²) >= 11 is 0. The van der Waals surface area contributed by atoms with Crippen LogP contribution in [0.3, 0.4) is 0 Å². The highest BCUT2D eigenvalue weighted by Gasteiger charge is 2.28. The Kier molecular flexibility index (Phi) is 11.7. The first-order chi connectivity index (χ1) is 13.8. The van der Waals surface area contributed by atoms with E-state index in [1.54, 1.807) is 13.8 Å². The molecule has 3 unspecified atom stereocenters. The molecule has 30 heavy (non-hydrogen) atoms. The molecule has 0 saturated carbocycles. The number of carboxylic acids is 2. The number of carboxylic acid groups (broad SMARTS) is 2. The third-order valence-corrected chi connectivity index (χ3v) is 3.99. The third-order valence-electron chi connectivity index (χ3n) is 3.99. The van der Waals surface area contributed by atoms with E-state index in [-0.39, 0.29) is 25.7 Å². The Morgan fingerprint density at radius 1 is 0.900 bits per heavy atom. The quantitative estimate of drug-likeness (QED) is 0.151. The highest BCUT2D eigenvalue weighted by Crippen LogP contribution is 2.05. The minimum atomic E-state index is -1.26. The average molecular weight is 431 g/mol. The molecule has 0 aliphatic carbocycles. The summed E-state index contributed by atoms with van der Waals surface area (Å²) in [5, 5.41) is 24.5. The summed E-state index contributed by atoms with van der Waals surface area (Å²) in [6, 6.07) is -3.61. The number of hydrogen-bond acceptors (Lipinski definition) is 7. The Morgan fingerprint density at radius 2 is 1.50 bits per heavy atom. The van der Waals surface area contributed by atoms with E-state index in [0.29, 0.717) is 0 Å². The molecule has 0 aliphatic heterocycles. The number of amides is 4. The van der Waals surface area contributed by atoms with Crippen LogP contribution < -0.4 is 27.4 Å². The smallest absolute Gasteiger partial charge is 0.326 e. The topological polar surface area (TPSA) is 231 Å². The van der Waals surface area contributed by atoms with Gasteiger partial charge in [0.2, 0.25) is 23.6 Å². The minimum Gasteiger partial charge on any atom is -0.481 e. The van der Waals surface area contributed by atoms with E-state index in [0.717, 1.165) is 0 Å². The lowest BCUT2D eigenvalue weighted by molar-refractivity contribution is -0.143. The Labute approximate surface area is 172 Å². The zero-order valence-corrected chi connectivity index (χ0v) is 16.8. The number of rotatable bonds is 14. The molecule has 0 aromatic rings.